The highest BCUT2D eigenvalue weighted by atomic mass is 35.5. The number of piperazine rings is 1. The van der Waals surface area contributed by atoms with Crippen LogP contribution in [0.5, 0.6) is 0 Å². The van der Waals surface area contributed by atoms with E-state index in [9.17, 15) is 13.2 Å². The molecule has 1 heterocycles. The van der Waals surface area contributed by atoms with Crippen LogP contribution >= 0.6 is 12.4 Å². The van der Waals surface area contributed by atoms with Crippen molar-refractivity contribution < 1.29 is 13.2 Å². The molecule has 2 aromatic rings. The number of anilines is 1. The quantitative estimate of drug-likeness (QED) is 0.749. The van der Waals surface area contributed by atoms with E-state index in [1.54, 1.807) is 41.3 Å². The van der Waals surface area contributed by atoms with Crippen LogP contribution in [0.2, 0.25) is 0 Å². The predicted octanol–water partition coefficient (Wildman–Crippen LogP) is 2.79. The van der Waals surface area contributed by atoms with E-state index >= 15 is 0 Å². The molecule has 6 nitrogen and oxygen atoms in total. The molecular weight excluding hydrogens is 398 g/mol. The third-order valence-electron chi connectivity index (χ3n) is 4.78. The molecule has 0 atom stereocenters. The van der Waals surface area contributed by atoms with E-state index in [4.69, 9.17) is 5.73 Å². The van der Waals surface area contributed by atoms with Crippen molar-refractivity contribution in [3.8, 4) is 0 Å². The van der Waals surface area contributed by atoms with Crippen LogP contribution in [-0.4, -0.2) is 49.7 Å². The fourth-order valence-electron chi connectivity index (χ4n) is 3.21. The van der Waals surface area contributed by atoms with E-state index in [1.807, 2.05) is 12.1 Å². The highest BCUT2D eigenvalue weighted by Gasteiger charge is 2.30. The summed E-state index contributed by atoms with van der Waals surface area (Å²) in [5.41, 5.74) is 7.96. The number of nitrogens with two attached hydrogens (primary N) is 1. The Morgan fingerprint density at radius 3 is 2.07 bits per heavy atom. The second kappa shape index (κ2) is 9.41. The van der Waals surface area contributed by atoms with Crippen molar-refractivity contribution in [1.29, 1.82) is 0 Å². The Labute approximate surface area is 172 Å². The van der Waals surface area contributed by atoms with E-state index in [-0.39, 0.29) is 18.3 Å². The number of carbonyl (C=O) groups is 1. The van der Waals surface area contributed by atoms with Gasteiger partial charge in [0, 0.05) is 37.4 Å². The summed E-state index contributed by atoms with van der Waals surface area (Å²) in [5.74, 6) is -0.101. The Morgan fingerprint density at radius 2 is 1.54 bits per heavy atom. The first-order valence-electron chi connectivity index (χ1n) is 9.15. The van der Waals surface area contributed by atoms with Crippen LogP contribution in [0.3, 0.4) is 0 Å². The molecule has 3 rings (SSSR count). The minimum Gasteiger partial charge on any atom is -0.399 e. The molecule has 0 spiro atoms. The number of aryl methyl sites for hydroxylation is 1. The maximum absolute atomic E-state index is 12.8. The van der Waals surface area contributed by atoms with Crippen molar-refractivity contribution in [2.24, 2.45) is 0 Å². The van der Waals surface area contributed by atoms with Crippen molar-refractivity contribution in [1.82, 2.24) is 9.21 Å². The molecule has 0 unspecified atom stereocenters. The highest BCUT2D eigenvalue weighted by Crippen LogP contribution is 2.20. The number of benzene rings is 2. The van der Waals surface area contributed by atoms with E-state index in [0.29, 0.717) is 42.3 Å². The number of nitrogen functional groups attached to an aromatic ring is 1. The molecule has 0 radical (unpaired) electrons. The number of sulfonamides is 1. The normalized spacial score (nSPS) is 15.1. The molecule has 28 heavy (non-hydrogen) atoms. The van der Waals surface area contributed by atoms with E-state index < -0.39 is 10.0 Å². The van der Waals surface area contributed by atoms with E-state index in [2.05, 4.69) is 6.92 Å². The number of hydrogen-bond acceptors (Lipinski definition) is 4. The standard InChI is InChI=1S/C20H25N3O3S.ClH/c1-2-3-16-4-10-19(11-5-16)27(25,26)23-14-12-22(13-15-23)20(24)17-6-8-18(21)9-7-17;/h4-11H,2-3,12-15,21H2,1H3;1H. The van der Waals surface area contributed by atoms with Gasteiger partial charge in [0.15, 0.2) is 0 Å². The minimum atomic E-state index is -3.53. The van der Waals surface area contributed by atoms with Gasteiger partial charge in [-0.25, -0.2) is 8.42 Å². The number of amides is 1. The molecule has 1 aliphatic heterocycles. The van der Waals surface area contributed by atoms with Crippen LogP contribution in [0.4, 0.5) is 5.69 Å². The fourth-order valence-corrected chi connectivity index (χ4v) is 4.63. The van der Waals surface area contributed by atoms with Crippen molar-refractivity contribution in [3.05, 3.63) is 59.7 Å². The summed E-state index contributed by atoms with van der Waals surface area (Å²) < 4.78 is 27.2. The van der Waals surface area contributed by atoms with Crippen LogP contribution < -0.4 is 5.73 Å². The first kappa shape index (κ1) is 22.2. The van der Waals surface area contributed by atoms with Crippen LogP contribution in [0.25, 0.3) is 0 Å². The smallest absolute Gasteiger partial charge is 0.253 e. The Hall–Kier alpha value is -2.09. The molecule has 0 aliphatic carbocycles. The van der Waals surface area contributed by atoms with Gasteiger partial charge < -0.3 is 10.6 Å². The summed E-state index contributed by atoms with van der Waals surface area (Å²) in [7, 11) is -3.53. The first-order valence-corrected chi connectivity index (χ1v) is 10.6. The summed E-state index contributed by atoms with van der Waals surface area (Å²) >= 11 is 0. The van der Waals surface area contributed by atoms with Crippen molar-refractivity contribution >= 4 is 34.0 Å². The van der Waals surface area contributed by atoms with Gasteiger partial charge in [-0.15, -0.1) is 12.4 Å². The largest absolute Gasteiger partial charge is 0.399 e. The third kappa shape index (κ3) is 4.84. The van der Waals surface area contributed by atoms with Gasteiger partial charge in [-0.2, -0.15) is 4.31 Å². The fraction of sp³-hybridized carbons (Fsp3) is 0.350. The lowest BCUT2D eigenvalue weighted by molar-refractivity contribution is 0.0698. The van der Waals surface area contributed by atoms with Crippen molar-refractivity contribution in [2.45, 2.75) is 24.7 Å². The molecule has 2 N–H and O–H groups in total. The molecule has 152 valence electrons. The molecule has 8 heteroatoms. The maximum atomic E-state index is 12.8. The van der Waals surface area contributed by atoms with Gasteiger partial charge in [0.2, 0.25) is 10.0 Å². The van der Waals surface area contributed by atoms with Crippen LogP contribution in [0.15, 0.2) is 53.4 Å². The lowest BCUT2D eigenvalue weighted by Crippen LogP contribution is -2.50. The van der Waals surface area contributed by atoms with Gasteiger partial charge in [0.05, 0.1) is 4.90 Å². The molecule has 0 bridgehead atoms. The predicted molar refractivity (Wildman–Crippen MR) is 113 cm³/mol. The summed E-state index contributed by atoms with van der Waals surface area (Å²) in [6.07, 6.45) is 1.96. The molecule has 1 aliphatic rings. The lowest BCUT2D eigenvalue weighted by Gasteiger charge is -2.34. The third-order valence-corrected chi connectivity index (χ3v) is 6.70. The summed E-state index contributed by atoms with van der Waals surface area (Å²) in [4.78, 5) is 14.5. The number of hydrogen-bond donors (Lipinski definition) is 1. The Morgan fingerprint density at radius 1 is 0.964 bits per heavy atom. The highest BCUT2D eigenvalue weighted by molar-refractivity contribution is 7.89. The lowest BCUT2D eigenvalue weighted by atomic mass is 10.1. The average Bonchev–Trinajstić information content (AvgIpc) is 2.69. The second-order valence-corrected chi connectivity index (χ2v) is 8.65. The van der Waals surface area contributed by atoms with Crippen LogP contribution in [0.1, 0.15) is 29.3 Å². The Bertz CT molecular complexity index is 891. The maximum Gasteiger partial charge on any atom is 0.253 e. The molecule has 1 fully saturated rings. The summed E-state index contributed by atoms with van der Waals surface area (Å²) in [6.45, 7) is 3.42. The molecule has 0 saturated carbocycles. The van der Waals surface area contributed by atoms with E-state index in [0.717, 1.165) is 18.4 Å². The van der Waals surface area contributed by atoms with Crippen LogP contribution in [0, 0.1) is 0 Å². The Balaban J connectivity index is 0.00000280. The van der Waals surface area contributed by atoms with Gasteiger partial charge in [-0.05, 0) is 48.4 Å². The first-order chi connectivity index (χ1) is 12.9. The topological polar surface area (TPSA) is 83.7 Å². The summed E-state index contributed by atoms with van der Waals surface area (Å²) in [6, 6.07) is 13.9. The number of nitrogens with zero attached hydrogens (tertiary/aromatic N) is 2. The van der Waals surface area contributed by atoms with Gasteiger partial charge in [0.1, 0.15) is 0 Å². The van der Waals surface area contributed by atoms with E-state index in [1.165, 1.54) is 4.31 Å². The molecule has 1 amide bonds. The monoisotopic (exact) mass is 423 g/mol. The number of rotatable bonds is 5. The summed E-state index contributed by atoms with van der Waals surface area (Å²) in [5, 5.41) is 0. The SMILES string of the molecule is CCCc1ccc(S(=O)(=O)N2CCN(C(=O)c3ccc(N)cc3)CC2)cc1.Cl. The molecule has 2 aromatic carbocycles. The molecule has 0 aromatic heterocycles. The Kier molecular flexibility index (Phi) is 7.46. The molecule has 1 saturated heterocycles. The zero-order valence-electron chi connectivity index (χ0n) is 15.9. The molecular formula is C20H26ClN3O3S. The van der Waals surface area contributed by atoms with Gasteiger partial charge in [-0.1, -0.05) is 25.5 Å². The number of halogens is 1. The minimum absolute atomic E-state index is 0. The van der Waals surface area contributed by atoms with Crippen molar-refractivity contribution in [2.75, 3.05) is 31.9 Å². The number of carbonyl (C=O) groups excluding carboxylic acids is 1. The van der Waals surface area contributed by atoms with Gasteiger partial charge in [-0.3, -0.25) is 4.79 Å². The van der Waals surface area contributed by atoms with Gasteiger partial charge >= 0.3 is 0 Å². The zero-order valence-corrected chi connectivity index (χ0v) is 17.5. The second-order valence-electron chi connectivity index (χ2n) is 6.71. The van der Waals surface area contributed by atoms with Crippen molar-refractivity contribution in [3.63, 3.8) is 0 Å². The average molecular weight is 424 g/mol. The zero-order chi connectivity index (χ0) is 19.4. The van der Waals surface area contributed by atoms with Crippen LogP contribution in [-0.2, 0) is 16.4 Å². The van der Waals surface area contributed by atoms with Gasteiger partial charge in [0.25, 0.3) is 5.91 Å².